The molecular weight excluding hydrogens is 210 g/mol. The third kappa shape index (κ3) is 2.14. The fraction of sp³-hybridized carbons (Fsp3) is 0.0714. The van der Waals surface area contributed by atoms with Crippen LogP contribution in [0.25, 0.3) is 11.3 Å². The van der Waals surface area contributed by atoms with E-state index >= 15 is 0 Å². The number of nitrogens with zero attached hydrogens (tertiary/aromatic N) is 3. The van der Waals surface area contributed by atoms with Gasteiger partial charge in [0.15, 0.2) is 0 Å². The van der Waals surface area contributed by atoms with Gasteiger partial charge in [-0.05, 0) is 36.8 Å². The first kappa shape index (κ1) is 10.9. The van der Waals surface area contributed by atoms with Crippen LogP contribution in [0.5, 0.6) is 0 Å². The molecule has 1 aromatic heterocycles. The summed E-state index contributed by atoms with van der Waals surface area (Å²) < 4.78 is 0. The molecule has 2 rings (SSSR count). The molecule has 80 valence electrons. The fourth-order valence-corrected chi connectivity index (χ4v) is 1.59. The van der Waals surface area contributed by atoms with Crippen molar-refractivity contribution in [3.05, 3.63) is 53.2 Å². The predicted molar refractivity (Wildman–Crippen MR) is 63.8 cm³/mol. The highest BCUT2D eigenvalue weighted by Gasteiger charge is 2.05. The second-order valence-corrected chi connectivity index (χ2v) is 3.70. The summed E-state index contributed by atoms with van der Waals surface area (Å²) in [6.45, 7) is 1.99. The first-order valence-corrected chi connectivity index (χ1v) is 5.12. The molecule has 17 heavy (non-hydrogen) atoms. The molecule has 0 fully saturated rings. The van der Waals surface area contributed by atoms with E-state index < -0.39 is 0 Å². The Balaban J connectivity index is 2.56. The quantitative estimate of drug-likeness (QED) is 0.740. The molecule has 0 saturated heterocycles. The summed E-state index contributed by atoms with van der Waals surface area (Å²) in [5.41, 5.74) is 3.55. The zero-order chi connectivity index (χ0) is 12.3. The number of nitriles is 2. The van der Waals surface area contributed by atoms with E-state index in [4.69, 9.17) is 10.5 Å². The van der Waals surface area contributed by atoms with Crippen LogP contribution in [-0.2, 0) is 0 Å². The molecule has 1 aromatic carbocycles. The van der Waals surface area contributed by atoms with E-state index in [1.54, 1.807) is 24.4 Å². The van der Waals surface area contributed by atoms with Crippen LogP contribution in [0.4, 0.5) is 0 Å². The van der Waals surface area contributed by atoms with Gasteiger partial charge in [-0.15, -0.1) is 0 Å². The zero-order valence-electron chi connectivity index (χ0n) is 9.31. The smallest absolute Gasteiger partial charge is 0.101 e. The summed E-state index contributed by atoms with van der Waals surface area (Å²) in [6, 6.07) is 13.0. The zero-order valence-corrected chi connectivity index (χ0v) is 9.31. The van der Waals surface area contributed by atoms with Crippen LogP contribution in [0.1, 0.15) is 16.7 Å². The van der Waals surface area contributed by atoms with Crippen molar-refractivity contribution in [2.24, 2.45) is 0 Å². The van der Waals surface area contributed by atoms with Crippen molar-refractivity contribution in [2.75, 3.05) is 0 Å². The van der Waals surface area contributed by atoms with Crippen molar-refractivity contribution in [2.45, 2.75) is 6.92 Å². The lowest BCUT2D eigenvalue weighted by Gasteiger charge is -2.03. The average molecular weight is 219 g/mol. The van der Waals surface area contributed by atoms with Gasteiger partial charge in [-0.1, -0.05) is 6.07 Å². The van der Waals surface area contributed by atoms with Gasteiger partial charge in [0.2, 0.25) is 0 Å². The lowest BCUT2D eigenvalue weighted by atomic mass is 10.0. The minimum absolute atomic E-state index is 0.383. The van der Waals surface area contributed by atoms with Gasteiger partial charge in [-0.3, -0.25) is 4.98 Å². The van der Waals surface area contributed by atoms with Gasteiger partial charge in [-0.25, -0.2) is 0 Å². The molecule has 0 unspecified atom stereocenters. The summed E-state index contributed by atoms with van der Waals surface area (Å²) in [4.78, 5) is 4.25. The van der Waals surface area contributed by atoms with E-state index in [0.29, 0.717) is 11.1 Å². The van der Waals surface area contributed by atoms with Crippen LogP contribution in [-0.4, -0.2) is 4.98 Å². The second kappa shape index (κ2) is 4.47. The molecule has 0 spiro atoms. The molecule has 0 aliphatic heterocycles. The van der Waals surface area contributed by atoms with E-state index in [2.05, 4.69) is 4.98 Å². The number of hydrogen-bond donors (Lipinski definition) is 0. The van der Waals surface area contributed by atoms with Crippen LogP contribution in [0.3, 0.4) is 0 Å². The Labute approximate surface area is 99.6 Å². The Bertz CT molecular complexity index is 645. The second-order valence-electron chi connectivity index (χ2n) is 3.70. The first-order chi connectivity index (χ1) is 8.24. The molecule has 0 radical (unpaired) electrons. The maximum atomic E-state index is 8.95. The van der Waals surface area contributed by atoms with Gasteiger partial charge >= 0.3 is 0 Å². The van der Waals surface area contributed by atoms with Crippen molar-refractivity contribution < 1.29 is 0 Å². The molecule has 2 aromatic rings. The lowest BCUT2D eigenvalue weighted by molar-refractivity contribution is 1.28. The summed E-state index contributed by atoms with van der Waals surface area (Å²) in [6.07, 6.45) is 1.73. The van der Waals surface area contributed by atoms with Crippen LogP contribution in [0.15, 0.2) is 36.5 Å². The van der Waals surface area contributed by atoms with Crippen molar-refractivity contribution in [1.82, 2.24) is 4.98 Å². The fourth-order valence-electron chi connectivity index (χ4n) is 1.59. The Morgan fingerprint density at radius 3 is 2.41 bits per heavy atom. The summed E-state index contributed by atoms with van der Waals surface area (Å²) in [7, 11) is 0. The summed E-state index contributed by atoms with van der Waals surface area (Å²) in [5.74, 6) is 0. The summed E-state index contributed by atoms with van der Waals surface area (Å²) in [5, 5.41) is 17.8. The number of hydrogen-bond acceptors (Lipinski definition) is 3. The third-order valence-electron chi connectivity index (χ3n) is 2.47. The molecule has 0 aliphatic carbocycles. The number of benzene rings is 1. The highest BCUT2D eigenvalue weighted by atomic mass is 14.7. The topological polar surface area (TPSA) is 60.5 Å². The van der Waals surface area contributed by atoms with Gasteiger partial charge in [0.25, 0.3) is 0 Å². The Morgan fingerprint density at radius 1 is 1.00 bits per heavy atom. The number of pyridine rings is 1. The van der Waals surface area contributed by atoms with E-state index in [-0.39, 0.29) is 0 Å². The van der Waals surface area contributed by atoms with E-state index in [9.17, 15) is 0 Å². The van der Waals surface area contributed by atoms with E-state index in [1.165, 1.54) is 0 Å². The molecular formula is C14H9N3. The van der Waals surface area contributed by atoms with Crippen molar-refractivity contribution in [3.8, 4) is 23.4 Å². The minimum atomic E-state index is 0.383. The molecule has 0 amide bonds. The molecule has 3 heteroatoms. The Morgan fingerprint density at radius 2 is 1.76 bits per heavy atom. The van der Waals surface area contributed by atoms with Gasteiger partial charge in [0, 0.05) is 11.8 Å². The minimum Gasteiger partial charge on any atom is -0.256 e. The van der Waals surface area contributed by atoms with Crippen LogP contribution in [0.2, 0.25) is 0 Å². The van der Waals surface area contributed by atoms with Crippen molar-refractivity contribution in [1.29, 1.82) is 10.5 Å². The maximum absolute atomic E-state index is 8.95. The highest BCUT2D eigenvalue weighted by molar-refractivity contribution is 5.64. The molecule has 0 aliphatic rings. The molecule has 0 bridgehead atoms. The molecule has 1 heterocycles. The van der Waals surface area contributed by atoms with Crippen LogP contribution < -0.4 is 0 Å². The number of rotatable bonds is 1. The molecule has 3 nitrogen and oxygen atoms in total. The maximum Gasteiger partial charge on any atom is 0.101 e. The normalized spacial score (nSPS) is 9.35. The SMILES string of the molecule is Cc1ccnc(-c2ccc(C#N)c(C#N)c2)c1. The highest BCUT2D eigenvalue weighted by Crippen LogP contribution is 2.20. The number of aryl methyl sites for hydroxylation is 1. The number of aromatic nitrogens is 1. The van der Waals surface area contributed by atoms with E-state index in [1.807, 2.05) is 31.2 Å². The van der Waals surface area contributed by atoms with Crippen molar-refractivity contribution >= 4 is 0 Å². The third-order valence-corrected chi connectivity index (χ3v) is 2.47. The Hall–Kier alpha value is -2.65. The van der Waals surface area contributed by atoms with E-state index in [0.717, 1.165) is 16.8 Å². The lowest BCUT2D eigenvalue weighted by Crippen LogP contribution is -1.88. The van der Waals surface area contributed by atoms with Crippen LogP contribution in [0, 0.1) is 29.6 Å². The average Bonchev–Trinajstić information content (AvgIpc) is 2.38. The van der Waals surface area contributed by atoms with Gasteiger partial charge in [0.05, 0.1) is 16.8 Å². The van der Waals surface area contributed by atoms with Gasteiger partial charge < -0.3 is 0 Å². The summed E-state index contributed by atoms with van der Waals surface area (Å²) >= 11 is 0. The van der Waals surface area contributed by atoms with Gasteiger partial charge in [-0.2, -0.15) is 10.5 Å². The monoisotopic (exact) mass is 219 g/mol. The molecule has 0 saturated carbocycles. The molecule has 0 N–H and O–H groups in total. The predicted octanol–water partition coefficient (Wildman–Crippen LogP) is 2.80. The van der Waals surface area contributed by atoms with Crippen LogP contribution >= 0.6 is 0 Å². The first-order valence-electron chi connectivity index (χ1n) is 5.12. The van der Waals surface area contributed by atoms with Crippen molar-refractivity contribution in [3.63, 3.8) is 0 Å². The van der Waals surface area contributed by atoms with Gasteiger partial charge in [0.1, 0.15) is 12.1 Å². The molecule has 0 atom stereocenters. The Kier molecular flexibility index (Phi) is 2.85. The largest absolute Gasteiger partial charge is 0.256 e. The standard InChI is InChI=1S/C14H9N3/c1-10-4-5-17-14(6-10)11-2-3-12(8-15)13(7-11)9-16/h2-7H,1H3.